The summed E-state index contributed by atoms with van der Waals surface area (Å²) in [7, 11) is 0. The van der Waals surface area contributed by atoms with Crippen LogP contribution in [-0.2, 0) is 17.6 Å². The van der Waals surface area contributed by atoms with Gasteiger partial charge < -0.3 is 10.1 Å². The number of nitrogens with zero attached hydrogens (tertiary/aromatic N) is 2. The largest absolute Gasteiger partial charge is 0.376 e. The van der Waals surface area contributed by atoms with Crippen molar-refractivity contribution in [3.8, 4) is 0 Å². The van der Waals surface area contributed by atoms with E-state index in [0.29, 0.717) is 6.10 Å². The van der Waals surface area contributed by atoms with Gasteiger partial charge in [0.1, 0.15) is 17.0 Å². The summed E-state index contributed by atoms with van der Waals surface area (Å²) in [6.07, 6.45) is 12.3. The van der Waals surface area contributed by atoms with E-state index in [1.54, 1.807) is 6.33 Å². The number of fused-ring (bicyclic) bond motifs is 3. The quantitative estimate of drug-likeness (QED) is 0.849. The smallest absolute Gasteiger partial charge is 0.138 e. The van der Waals surface area contributed by atoms with Gasteiger partial charge in [0.15, 0.2) is 0 Å². The number of aryl methyl sites for hydroxylation is 2. The zero-order valence-electron chi connectivity index (χ0n) is 12.9. The molecule has 2 aliphatic rings. The van der Waals surface area contributed by atoms with Crippen LogP contribution in [0.5, 0.6) is 0 Å². The number of hydrogen-bond acceptors (Lipinski definition) is 5. The Labute approximate surface area is 135 Å². The summed E-state index contributed by atoms with van der Waals surface area (Å²) in [4.78, 5) is 11.6. The fourth-order valence-corrected chi connectivity index (χ4v) is 4.90. The highest BCUT2D eigenvalue weighted by atomic mass is 32.1. The first-order chi connectivity index (χ1) is 10.9. The van der Waals surface area contributed by atoms with Crippen LogP contribution in [0, 0.1) is 0 Å². The summed E-state index contributed by atoms with van der Waals surface area (Å²) in [6.45, 7) is 1.59. The van der Waals surface area contributed by atoms with Crippen LogP contribution in [0.25, 0.3) is 10.2 Å². The van der Waals surface area contributed by atoms with Gasteiger partial charge in [-0.15, -0.1) is 11.3 Å². The Morgan fingerprint density at radius 1 is 1.14 bits per heavy atom. The lowest BCUT2D eigenvalue weighted by Gasteiger charge is -2.14. The second-order valence-corrected chi connectivity index (χ2v) is 7.40. The highest BCUT2D eigenvalue weighted by molar-refractivity contribution is 7.19. The molecular formula is C17H23N3OS. The molecule has 0 aromatic carbocycles. The van der Waals surface area contributed by atoms with E-state index < -0.39 is 0 Å². The normalized spacial score (nSPS) is 18.7. The van der Waals surface area contributed by atoms with Crippen LogP contribution in [0.3, 0.4) is 0 Å². The predicted molar refractivity (Wildman–Crippen MR) is 90.8 cm³/mol. The maximum absolute atomic E-state index is 5.93. The van der Waals surface area contributed by atoms with Gasteiger partial charge in [0.2, 0.25) is 0 Å². The van der Waals surface area contributed by atoms with E-state index in [1.165, 1.54) is 67.2 Å². The van der Waals surface area contributed by atoms with Crippen LogP contribution >= 0.6 is 11.3 Å². The number of ether oxygens (including phenoxy) is 1. The van der Waals surface area contributed by atoms with E-state index in [2.05, 4.69) is 15.3 Å². The molecule has 0 radical (unpaired) electrons. The van der Waals surface area contributed by atoms with Gasteiger partial charge in [-0.05, 0) is 44.1 Å². The lowest BCUT2D eigenvalue weighted by molar-refractivity contribution is 0.0659. The highest BCUT2D eigenvalue weighted by Crippen LogP contribution is 2.38. The Morgan fingerprint density at radius 3 is 2.91 bits per heavy atom. The summed E-state index contributed by atoms with van der Waals surface area (Å²) >= 11 is 1.85. The fraction of sp³-hybridized carbons (Fsp3) is 0.647. The lowest BCUT2D eigenvalue weighted by atomic mass is 9.97. The third-order valence-corrected chi connectivity index (χ3v) is 6.00. The van der Waals surface area contributed by atoms with Crippen molar-refractivity contribution < 1.29 is 4.74 Å². The average Bonchev–Trinajstić information content (AvgIpc) is 3.19. The molecule has 0 bridgehead atoms. The van der Waals surface area contributed by atoms with Crippen molar-refractivity contribution in [1.82, 2.24) is 9.97 Å². The van der Waals surface area contributed by atoms with Gasteiger partial charge in [-0.25, -0.2) is 9.97 Å². The molecule has 5 heteroatoms. The molecule has 2 heterocycles. The molecule has 2 aromatic heterocycles. The number of anilines is 1. The molecule has 0 saturated heterocycles. The van der Waals surface area contributed by atoms with E-state index in [0.717, 1.165) is 23.8 Å². The molecule has 4 nitrogen and oxygen atoms in total. The Morgan fingerprint density at radius 2 is 2.00 bits per heavy atom. The van der Waals surface area contributed by atoms with E-state index >= 15 is 0 Å². The second kappa shape index (κ2) is 6.50. The molecule has 1 fully saturated rings. The minimum atomic E-state index is 0.487. The first kappa shape index (κ1) is 14.4. The number of rotatable bonds is 5. The number of nitrogens with one attached hydrogen (secondary N) is 1. The summed E-state index contributed by atoms with van der Waals surface area (Å²) in [6, 6.07) is 0. The Bertz CT molecular complexity index is 649. The molecule has 0 amide bonds. The van der Waals surface area contributed by atoms with E-state index in [1.807, 2.05) is 11.3 Å². The second-order valence-electron chi connectivity index (χ2n) is 6.32. The first-order valence-corrected chi connectivity index (χ1v) is 9.34. The number of thiophene rings is 1. The molecule has 0 spiro atoms. The fourth-order valence-electron chi connectivity index (χ4n) is 3.67. The third-order valence-electron chi connectivity index (χ3n) is 4.80. The van der Waals surface area contributed by atoms with Crippen molar-refractivity contribution in [3.63, 3.8) is 0 Å². The van der Waals surface area contributed by atoms with Crippen molar-refractivity contribution in [2.45, 2.75) is 57.5 Å². The molecule has 0 atom stereocenters. The van der Waals surface area contributed by atoms with Gasteiger partial charge in [-0.3, -0.25) is 0 Å². The van der Waals surface area contributed by atoms with Crippen LogP contribution in [-0.4, -0.2) is 29.2 Å². The van der Waals surface area contributed by atoms with Crippen molar-refractivity contribution in [3.05, 3.63) is 16.8 Å². The van der Waals surface area contributed by atoms with Crippen molar-refractivity contribution in [1.29, 1.82) is 0 Å². The van der Waals surface area contributed by atoms with Crippen LogP contribution in [0.2, 0.25) is 0 Å². The first-order valence-electron chi connectivity index (χ1n) is 8.52. The van der Waals surface area contributed by atoms with Gasteiger partial charge in [0, 0.05) is 11.4 Å². The van der Waals surface area contributed by atoms with Gasteiger partial charge in [0.05, 0.1) is 18.1 Å². The van der Waals surface area contributed by atoms with E-state index in [-0.39, 0.29) is 0 Å². The molecule has 22 heavy (non-hydrogen) atoms. The molecular weight excluding hydrogens is 294 g/mol. The highest BCUT2D eigenvalue weighted by Gasteiger charge is 2.20. The Balaban J connectivity index is 1.45. The molecule has 2 aliphatic carbocycles. The van der Waals surface area contributed by atoms with Gasteiger partial charge in [-0.2, -0.15) is 0 Å². The zero-order chi connectivity index (χ0) is 14.8. The standard InChI is InChI=1S/C17H23N3OS/c1-2-6-12(5-1)21-10-9-18-16-15-13-7-3-4-8-14(13)22-17(15)20-11-19-16/h11-12H,1-10H2,(H,18,19,20). The minimum absolute atomic E-state index is 0.487. The van der Waals surface area contributed by atoms with Crippen molar-refractivity contribution in [2.75, 3.05) is 18.5 Å². The summed E-state index contributed by atoms with van der Waals surface area (Å²) in [5, 5.41) is 4.75. The molecule has 4 rings (SSSR count). The van der Waals surface area contributed by atoms with Gasteiger partial charge in [-0.1, -0.05) is 12.8 Å². The van der Waals surface area contributed by atoms with Crippen LogP contribution in [0.4, 0.5) is 5.82 Å². The molecule has 1 N–H and O–H groups in total. The summed E-state index contributed by atoms with van der Waals surface area (Å²) in [5.41, 5.74) is 1.49. The molecule has 1 saturated carbocycles. The number of aromatic nitrogens is 2. The third kappa shape index (κ3) is 2.84. The maximum Gasteiger partial charge on any atom is 0.138 e. The monoisotopic (exact) mass is 317 g/mol. The average molecular weight is 317 g/mol. The van der Waals surface area contributed by atoms with E-state index in [9.17, 15) is 0 Å². The molecule has 118 valence electrons. The molecule has 0 unspecified atom stereocenters. The Hall–Kier alpha value is -1.20. The van der Waals surface area contributed by atoms with E-state index in [4.69, 9.17) is 4.74 Å². The topological polar surface area (TPSA) is 47.0 Å². The summed E-state index contributed by atoms with van der Waals surface area (Å²) < 4.78 is 5.93. The van der Waals surface area contributed by atoms with Crippen molar-refractivity contribution in [2.24, 2.45) is 0 Å². The maximum atomic E-state index is 5.93. The van der Waals surface area contributed by atoms with Crippen LogP contribution in [0.1, 0.15) is 49.0 Å². The van der Waals surface area contributed by atoms with Crippen molar-refractivity contribution >= 4 is 27.4 Å². The molecule has 0 aliphatic heterocycles. The molecule has 2 aromatic rings. The zero-order valence-corrected chi connectivity index (χ0v) is 13.8. The SMILES string of the molecule is c1nc(NCCOC2CCCC2)c2c3c(sc2n1)CCCC3. The predicted octanol–water partition coefficient (Wildman–Crippen LogP) is 3.94. The van der Waals surface area contributed by atoms with Gasteiger partial charge in [0.25, 0.3) is 0 Å². The summed E-state index contributed by atoms with van der Waals surface area (Å²) in [5.74, 6) is 0.999. The van der Waals surface area contributed by atoms with Crippen LogP contribution in [0.15, 0.2) is 6.33 Å². The lowest BCUT2D eigenvalue weighted by Crippen LogP contribution is -2.16. The minimum Gasteiger partial charge on any atom is -0.376 e. The number of hydrogen-bond donors (Lipinski definition) is 1. The Kier molecular flexibility index (Phi) is 4.26. The van der Waals surface area contributed by atoms with Crippen LogP contribution < -0.4 is 5.32 Å². The van der Waals surface area contributed by atoms with Gasteiger partial charge >= 0.3 is 0 Å².